The number of anilines is 3. The summed E-state index contributed by atoms with van der Waals surface area (Å²) in [5, 5.41) is 14.0. The molecule has 0 aliphatic carbocycles. The van der Waals surface area contributed by atoms with Gasteiger partial charge in [0.25, 0.3) is 0 Å². The standard InChI is InChI=1S/C16H19BrN4O/c1-3-4-5-16(22)19-15-9-8-14(20-21-15)18-13-7-6-11(2)10-12(13)17/h6-10H,3-5H2,1-2H3,(H,18,20)(H,19,21,22). The molecule has 1 heterocycles. The fourth-order valence-electron chi connectivity index (χ4n) is 1.87. The highest BCUT2D eigenvalue weighted by Gasteiger charge is 2.05. The van der Waals surface area contributed by atoms with Crippen molar-refractivity contribution in [1.82, 2.24) is 10.2 Å². The van der Waals surface area contributed by atoms with E-state index >= 15 is 0 Å². The third-order valence-corrected chi connectivity index (χ3v) is 3.73. The number of carbonyl (C=O) groups is 1. The van der Waals surface area contributed by atoms with Gasteiger partial charge in [0.2, 0.25) is 5.91 Å². The van der Waals surface area contributed by atoms with E-state index in [2.05, 4.69) is 43.7 Å². The Morgan fingerprint density at radius 1 is 1.18 bits per heavy atom. The van der Waals surface area contributed by atoms with E-state index in [0.717, 1.165) is 23.0 Å². The number of aryl methyl sites for hydroxylation is 1. The summed E-state index contributed by atoms with van der Waals surface area (Å²) in [6.45, 7) is 4.08. The first-order valence-corrected chi connectivity index (χ1v) is 8.04. The maximum Gasteiger partial charge on any atom is 0.225 e. The molecule has 2 aromatic rings. The van der Waals surface area contributed by atoms with Crippen LogP contribution in [0.15, 0.2) is 34.8 Å². The molecule has 116 valence electrons. The van der Waals surface area contributed by atoms with E-state index in [0.29, 0.717) is 18.1 Å². The van der Waals surface area contributed by atoms with Gasteiger partial charge < -0.3 is 10.6 Å². The van der Waals surface area contributed by atoms with Gasteiger partial charge in [-0.25, -0.2) is 0 Å². The predicted molar refractivity (Wildman–Crippen MR) is 92.3 cm³/mol. The third kappa shape index (κ3) is 4.80. The summed E-state index contributed by atoms with van der Waals surface area (Å²) in [6.07, 6.45) is 2.38. The zero-order valence-electron chi connectivity index (χ0n) is 12.7. The first-order chi connectivity index (χ1) is 10.6. The van der Waals surface area contributed by atoms with Gasteiger partial charge in [-0.1, -0.05) is 19.4 Å². The van der Waals surface area contributed by atoms with Gasteiger partial charge >= 0.3 is 0 Å². The van der Waals surface area contributed by atoms with Crippen molar-refractivity contribution in [2.45, 2.75) is 33.1 Å². The number of hydrogen-bond acceptors (Lipinski definition) is 4. The van der Waals surface area contributed by atoms with Gasteiger partial charge in [-0.2, -0.15) is 0 Å². The molecule has 0 atom stereocenters. The van der Waals surface area contributed by atoms with Crippen molar-refractivity contribution < 1.29 is 4.79 Å². The monoisotopic (exact) mass is 362 g/mol. The van der Waals surface area contributed by atoms with Gasteiger partial charge in [0.1, 0.15) is 0 Å². The molecule has 2 rings (SSSR count). The van der Waals surface area contributed by atoms with E-state index in [-0.39, 0.29) is 5.91 Å². The molecule has 6 heteroatoms. The first-order valence-electron chi connectivity index (χ1n) is 7.25. The van der Waals surface area contributed by atoms with Crippen molar-refractivity contribution in [2.24, 2.45) is 0 Å². The van der Waals surface area contributed by atoms with Gasteiger partial charge in [0.15, 0.2) is 11.6 Å². The highest BCUT2D eigenvalue weighted by atomic mass is 79.9. The van der Waals surface area contributed by atoms with Crippen LogP contribution in [0.25, 0.3) is 0 Å². The number of unbranched alkanes of at least 4 members (excludes halogenated alkanes) is 1. The van der Waals surface area contributed by atoms with Gasteiger partial charge in [-0.15, -0.1) is 10.2 Å². The predicted octanol–water partition coefficient (Wildman–Crippen LogP) is 4.42. The molecule has 0 fully saturated rings. The smallest absolute Gasteiger partial charge is 0.225 e. The average Bonchev–Trinajstić information content (AvgIpc) is 2.50. The largest absolute Gasteiger partial charge is 0.338 e. The van der Waals surface area contributed by atoms with Crippen LogP contribution in [0.2, 0.25) is 0 Å². The second kappa shape index (κ2) is 7.89. The molecule has 0 aliphatic heterocycles. The van der Waals surface area contributed by atoms with E-state index < -0.39 is 0 Å². The number of nitrogens with zero attached hydrogens (tertiary/aromatic N) is 2. The molecule has 1 aromatic carbocycles. The van der Waals surface area contributed by atoms with Crippen molar-refractivity contribution in [2.75, 3.05) is 10.6 Å². The lowest BCUT2D eigenvalue weighted by Gasteiger charge is -2.09. The van der Waals surface area contributed by atoms with Crippen LogP contribution in [0.1, 0.15) is 31.7 Å². The fourth-order valence-corrected chi connectivity index (χ4v) is 2.46. The molecule has 1 amide bonds. The number of aromatic nitrogens is 2. The normalized spacial score (nSPS) is 10.3. The van der Waals surface area contributed by atoms with E-state index in [9.17, 15) is 4.79 Å². The lowest BCUT2D eigenvalue weighted by Crippen LogP contribution is -2.12. The number of rotatable bonds is 6. The quantitative estimate of drug-likeness (QED) is 0.797. The summed E-state index contributed by atoms with van der Waals surface area (Å²) in [6, 6.07) is 9.54. The van der Waals surface area contributed by atoms with Crippen LogP contribution in [0.4, 0.5) is 17.3 Å². The van der Waals surface area contributed by atoms with Crippen molar-refractivity contribution >= 4 is 39.2 Å². The Hall–Kier alpha value is -1.95. The Bertz CT molecular complexity index is 643. The molecule has 0 saturated heterocycles. The lowest BCUT2D eigenvalue weighted by atomic mass is 10.2. The minimum Gasteiger partial charge on any atom is -0.338 e. The van der Waals surface area contributed by atoms with Crippen molar-refractivity contribution in [3.05, 3.63) is 40.4 Å². The SMILES string of the molecule is CCCCC(=O)Nc1ccc(Nc2ccc(C)cc2Br)nn1. The summed E-state index contributed by atoms with van der Waals surface area (Å²) < 4.78 is 0.964. The Morgan fingerprint density at radius 3 is 2.55 bits per heavy atom. The molecule has 0 aliphatic rings. The van der Waals surface area contributed by atoms with Gasteiger partial charge in [-0.3, -0.25) is 4.79 Å². The third-order valence-electron chi connectivity index (χ3n) is 3.08. The fraction of sp³-hybridized carbons (Fsp3) is 0.312. The van der Waals surface area contributed by atoms with Crippen LogP contribution in [-0.2, 0) is 4.79 Å². The van der Waals surface area contributed by atoms with Crippen LogP contribution in [-0.4, -0.2) is 16.1 Å². The molecule has 0 bridgehead atoms. The van der Waals surface area contributed by atoms with Crippen molar-refractivity contribution in [3.8, 4) is 0 Å². The molecule has 2 N–H and O–H groups in total. The summed E-state index contributed by atoms with van der Waals surface area (Å²) in [5.41, 5.74) is 2.09. The van der Waals surface area contributed by atoms with Crippen LogP contribution < -0.4 is 10.6 Å². The minimum absolute atomic E-state index is 0.0295. The summed E-state index contributed by atoms with van der Waals surface area (Å²) >= 11 is 3.51. The number of nitrogens with one attached hydrogen (secondary N) is 2. The lowest BCUT2D eigenvalue weighted by molar-refractivity contribution is -0.116. The molecule has 22 heavy (non-hydrogen) atoms. The maximum atomic E-state index is 11.6. The molecule has 0 spiro atoms. The van der Waals surface area contributed by atoms with Crippen molar-refractivity contribution in [3.63, 3.8) is 0 Å². The maximum absolute atomic E-state index is 11.6. The van der Waals surface area contributed by atoms with E-state index in [1.807, 2.05) is 25.1 Å². The zero-order chi connectivity index (χ0) is 15.9. The second-order valence-electron chi connectivity index (χ2n) is 5.06. The molecule has 0 saturated carbocycles. The van der Waals surface area contributed by atoms with Crippen LogP contribution in [0.5, 0.6) is 0 Å². The Kier molecular flexibility index (Phi) is 5.89. The van der Waals surface area contributed by atoms with Crippen LogP contribution in [0, 0.1) is 6.92 Å². The topological polar surface area (TPSA) is 66.9 Å². The molecule has 1 aromatic heterocycles. The van der Waals surface area contributed by atoms with Crippen LogP contribution >= 0.6 is 15.9 Å². The second-order valence-corrected chi connectivity index (χ2v) is 5.92. The number of hydrogen-bond donors (Lipinski definition) is 2. The molecular weight excluding hydrogens is 344 g/mol. The first kappa shape index (κ1) is 16.4. The average molecular weight is 363 g/mol. The van der Waals surface area contributed by atoms with Gasteiger partial charge in [0, 0.05) is 10.9 Å². The zero-order valence-corrected chi connectivity index (χ0v) is 14.3. The number of halogens is 1. The molecule has 5 nitrogen and oxygen atoms in total. The van der Waals surface area contributed by atoms with E-state index in [4.69, 9.17) is 0 Å². The van der Waals surface area contributed by atoms with Gasteiger partial charge in [0.05, 0.1) is 5.69 Å². The Balaban J connectivity index is 1.98. The van der Waals surface area contributed by atoms with Crippen LogP contribution in [0.3, 0.4) is 0 Å². The van der Waals surface area contributed by atoms with Crippen molar-refractivity contribution in [1.29, 1.82) is 0 Å². The highest BCUT2D eigenvalue weighted by Crippen LogP contribution is 2.26. The summed E-state index contributed by atoms with van der Waals surface area (Å²) in [5.74, 6) is 1.06. The molecule has 0 radical (unpaired) electrons. The summed E-state index contributed by atoms with van der Waals surface area (Å²) in [7, 11) is 0. The van der Waals surface area contributed by atoms with Gasteiger partial charge in [-0.05, 0) is 59.1 Å². The number of carbonyl (C=O) groups excluding carboxylic acids is 1. The Morgan fingerprint density at radius 2 is 1.91 bits per heavy atom. The minimum atomic E-state index is -0.0295. The molecule has 0 unspecified atom stereocenters. The van der Waals surface area contributed by atoms with E-state index in [1.54, 1.807) is 12.1 Å². The number of amides is 1. The highest BCUT2D eigenvalue weighted by molar-refractivity contribution is 9.10. The Labute approximate surface area is 138 Å². The number of benzene rings is 1. The summed E-state index contributed by atoms with van der Waals surface area (Å²) in [4.78, 5) is 11.6. The van der Waals surface area contributed by atoms with E-state index in [1.165, 1.54) is 5.56 Å². The molecular formula is C16H19BrN4O.